The third-order valence-corrected chi connectivity index (χ3v) is 7.92. The summed E-state index contributed by atoms with van der Waals surface area (Å²) in [5, 5.41) is 0.641. The fourth-order valence-electron chi connectivity index (χ4n) is 5.73. The van der Waals surface area contributed by atoms with Gasteiger partial charge in [0.25, 0.3) is 0 Å². The van der Waals surface area contributed by atoms with Gasteiger partial charge in [-0.1, -0.05) is 103 Å². The number of nitrogens with zero attached hydrogens (tertiary/aromatic N) is 4. The molecule has 1 amide bonds. The number of hydrogen-bond acceptors (Lipinski definition) is 3. The smallest absolute Gasteiger partial charge is 0.223 e. The zero-order chi connectivity index (χ0) is 26.6. The molecule has 1 saturated heterocycles. The van der Waals surface area contributed by atoms with E-state index in [4.69, 9.17) is 11.6 Å². The topological polar surface area (TPSA) is 40.9 Å². The summed E-state index contributed by atoms with van der Waals surface area (Å²) >= 11 is 6.32. The number of aromatic nitrogens is 2. The molecule has 39 heavy (non-hydrogen) atoms. The second-order valence-electron chi connectivity index (χ2n) is 10.1. The first-order valence-corrected chi connectivity index (χ1v) is 13.8. The molecule has 3 aromatic carbocycles. The Balaban J connectivity index is 1.21. The maximum absolute atomic E-state index is 13.7. The van der Waals surface area contributed by atoms with Crippen LogP contribution in [0, 0.1) is 0 Å². The van der Waals surface area contributed by atoms with Gasteiger partial charge < -0.3 is 9.30 Å². The summed E-state index contributed by atoms with van der Waals surface area (Å²) in [7, 11) is 0. The highest BCUT2D eigenvalue weighted by molar-refractivity contribution is 6.30. The number of pyridine rings is 1. The summed E-state index contributed by atoms with van der Waals surface area (Å²) < 4.78 is 2.01. The fraction of sp³-hybridized carbons (Fsp3) is 0.212. The zero-order valence-corrected chi connectivity index (χ0v) is 22.5. The highest BCUT2D eigenvalue weighted by Crippen LogP contribution is 2.32. The highest BCUT2D eigenvalue weighted by atomic mass is 35.5. The van der Waals surface area contributed by atoms with Crippen molar-refractivity contribution >= 4 is 23.2 Å². The lowest BCUT2D eigenvalue weighted by atomic mass is 9.92. The number of piperazine rings is 1. The van der Waals surface area contributed by atoms with Crippen molar-refractivity contribution in [3.63, 3.8) is 0 Å². The van der Waals surface area contributed by atoms with Crippen molar-refractivity contribution < 1.29 is 4.79 Å². The van der Waals surface area contributed by atoms with Crippen LogP contribution >= 0.6 is 11.6 Å². The molecule has 6 heteroatoms. The first-order valence-electron chi connectivity index (χ1n) is 13.5. The Morgan fingerprint density at radius 1 is 0.744 bits per heavy atom. The van der Waals surface area contributed by atoms with Gasteiger partial charge in [0.05, 0.1) is 16.8 Å². The zero-order valence-electron chi connectivity index (χ0n) is 21.7. The minimum Gasteiger partial charge on any atom is -0.340 e. The monoisotopic (exact) mass is 534 g/mol. The van der Waals surface area contributed by atoms with Crippen molar-refractivity contribution in [1.82, 2.24) is 19.2 Å². The summed E-state index contributed by atoms with van der Waals surface area (Å²) in [5.74, 6) is 0.0445. The maximum Gasteiger partial charge on any atom is 0.223 e. The van der Waals surface area contributed by atoms with Gasteiger partial charge in [0, 0.05) is 50.9 Å². The molecule has 0 saturated carbocycles. The van der Waals surface area contributed by atoms with Crippen LogP contribution in [-0.2, 0) is 4.79 Å². The lowest BCUT2D eigenvalue weighted by Gasteiger charge is -2.40. The number of rotatable bonds is 7. The number of hydrogen-bond donors (Lipinski definition) is 0. The van der Waals surface area contributed by atoms with Gasteiger partial charge in [-0.15, -0.1) is 0 Å². The number of fused-ring (bicyclic) bond motifs is 1. The molecular weight excluding hydrogens is 504 g/mol. The van der Waals surface area contributed by atoms with Gasteiger partial charge in [0.2, 0.25) is 5.91 Å². The molecular formula is C33H31ClN4O. The van der Waals surface area contributed by atoms with E-state index in [0.717, 1.165) is 30.0 Å². The van der Waals surface area contributed by atoms with E-state index in [-0.39, 0.29) is 17.9 Å². The van der Waals surface area contributed by atoms with E-state index in [0.29, 0.717) is 24.5 Å². The summed E-state index contributed by atoms with van der Waals surface area (Å²) in [6, 6.07) is 35.4. The van der Waals surface area contributed by atoms with E-state index < -0.39 is 0 Å². The van der Waals surface area contributed by atoms with E-state index in [9.17, 15) is 4.79 Å². The van der Waals surface area contributed by atoms with Crippen LogP contribution in [0.3, 0.4) is 0 Å². The second-order valence-corrected chi connectivity index (χ2v) is 10.5. The molecule has 0 bridgehead atoms. The summed E-state index contributed by atoms with van der Waals surface area (Å²) in [6.07, 6.45) is 4.13. The van der Waals surface area contributed by atoms with Gasteiger partial charge in [-0.3, -0.25) is 9.69 Å². The van der Waals surface area contributed by atoms with Gasteiger partial charge in [-0.25, -0.2) is 4.98 Å². The molecule has 1 unspecified atom stereocenters. The van der Waals surface area contributed by atoms with Crippen LogP contribution in [0.4, 0.5) is 0 Å². The molecule has 3 heterocycles. The molecule has 2 aromatic heterocycles. The van der Waals surface area contributed by atoms with Crippen molar-refractivity contribution in [2.45, 2.75) is 18.4 Å². The van der Waals surface area contributed by atoms with E-state index in [2.05, 4.69) is 82.7 Å². The average Bonchev–Trinajstić information content (AvgIpc) is 3.40. The van der Waals surface area contributed by atoms with Crippen LogP contribution in [0.2, 0.25) is 5.02 Å². The quantitative estimate of drug-likeness (QED) is 0.241. The van der Waals surface area contributed by atoms with Crippen molar-refractivity contribution in [3.05, 3.63) is 143 Å². The molecule has 5 nitrogen and oxygen atoms in total. The Morgan fingerprint density at radius 2 is 1.31 bits per heavy atom. The number of imidazole rings is 1. The molecule has 1 aliphatic rings. The van der Waals surface area contributed by atoms with Gasteiger partial charge >= 0.3 is 0 Å². The number of carbonyl (C=O) groups excluding carboxylic acids is 1. The van der Waals surface area contributed by atoms with Gasteiger partial charge in [-0.2, -0.15) is 0 Å². The molecule has 5 aromatic rings. The molecule has 0 N–H and O–H groups in total. The molecule has 1 fully saturated rings. The van der Waals surface area contributed by atoms with Crippen LogP contribution in [-0.4, -0.2) is 51.3 Å². The number of amides is 1. The second kappa shape index (κ2) is 11.4. The lowest BCUT2D eigenvalue weighted by Crippen LogP contribution is -2.50. The maximum atomic E-state index is 13.7. The number of benzene rings is 3. The van der Waals surface area contributed by atoms with Crippen molar-refractivity contribution in [1.29, 1.82) is 0 Å². The summed E-state index contributed by atoms with van der Waals surface area (Å²) in [5.41, 5.74) is 5.44. The Bertz CT molecular complexity index is 1490. The Hall–Kier alpha value is -3.93. The summed E-state index contributed by atoms with van der Waals surface area (Å²) in [6.45, 7) is 3.05. The number of halogens is 1. The van der Waals surface area contributed by atoms with Crippen LogP contribution < -0.4 is 0 Å². The van der Waals surface area contributed by atoms with Crippen LogP contribution in [0.5, 0.6) is 0 Å². The molecule has 196 valence electrons. The molecule has 0 spiro atoms. The van der Waals surface area contributed by atoms with Gasteiger partial charge in [0.1, 0.15) is 5.65 Å². The standard InChI is InChI=1S/C33H31ClN4O/c34-28-16-17-31-35-23-30(38(31)24-28)29(25-10-4-1-5-11-25)22-32(39)36-18-20-37(21-19-36)33(26-12-6-2-7-13-26)27-14-8-3-9-15-27/h1-17,23-24,29,33H,18-22H2. The minimum absolute atomic E-state index is 0.119. The van der Waals surface area contributed by atoms with Crippen molar-refractivity contribution in [2.24, 2.45) is 0 Å². The van der Waals surface area contributed by atoms with Crippen LogP contribution in [0.15, 0.2) is 116 Å². The predicted octanol–water partition coefficient (Wildman–Crippen LogP) is 6.44. The Labute approximate surface area is 234 Å². The molecule has 1 aliphatic heterocycles. The lowest BCUT2D eigenvalue weighted by molar-refractivity contribution is -0.133. The van der Waals surface area contributed by atoms with E-state index in [1.165, 1.54) is 11.1 Å². The van der Waals surface area contributed by atoms with E-state index in [1.807, 2.05) is 52.0 Å². The molecule has 0 aliphatic carbocycles. The fourth-order valence-corrected chi connectivity index (χ4v) is 5.89. The van der Waals surface area contributed by atoms with Gasteiger partial charge in [-0.05, 0) is 28.8 Å². The first kappa shape index (κ1) is 25.4. The first-order chi connectivity index (χ1) is 19.2. The Morgan fingerprint density at radius 3 is 1.90 bits per heavy atom. The third kappa shape index (κ3) is 5.47. The Kier molecular flexibility index (Phi) is 7.44. The SMILES string of the molecule is O=C(CC(c1ccccc1)c1cnc2ccc(Cl)cn12)N1CCN(C(c2ccccc2)c2ccccc2)CC1. The molecule has 6 rings (SSSR count). The summed E-state index contributed by atoms with van der Waals surface area (Å²) in [4.78, 5) is 22.9. The predicted molar refractivity (Wildman–Crippen MR) is 156 cm³/mol. The normalized spacial score (nSPS) is 15.1. The van der Waals surface area contributed by atoms with Crippen LogP contribution in [0.1, 0.15) is 40.8 Å². The largest absolute Gasteiger partial charge is 0.340 e. The van der Waals surface area contributed by atoms with Gasteiger partial charge in [0.15, 0.2) is 0 Å². The molecule has 0 radical (unpaired) electrons. The van der Waals surface area contributed by atoms with Crippen LogP contribution in [0.25, 0.3) is 5.65 Å². The minimum atomic E-state index is -0.119. The average molecular weight is 535 g/mol. The number of carbonyl (C=O) groups is 1. The third-order valence-electron chi connectivity index (χ3n) is 7.70. The van der Waals surface area contributed by atoms with E-state index >= 15 is 0 Å². The molecule has 1 atom stereocenters. The highest BCUT2D eigenvalue weighted by Gasteiger charge is 2.30. The van der Waals surface area contributed by atoms with Crippen molar-refractivity contribution in [3.8, 4) is 0 Å². The van der Waals surface area contributed by atoms with E-state index in [1.54, 1.807) is 0 Å². The van der Waals surface area contributed by atoms with Crippen molar-refractivity contribution in [2.75, 3.05) is 26.2 Å².